The lowest BCUT2D eigenvalue weighted by atomic mass is 10.2. The largest absolute Gasteiger partial charge is 0.394 e. The molecule has 0 amide bonds. The van der Waals surface area contributed by atoms with Gasteiger partial charge in [0.05, 0.1) is 31.5 Å². The standard InChI is InChI=1S/C14H19Cl2N5O4/c1-14(2,23)25-9-6-7(24-4-3-22)5-8(9)21-12-10(19-20-21)11(15)17-13(16)18-12/h7-9,22-23H,3-6H2,1-2H3/t7-,8+,9+/m0/s1. The van der Waals surface area contributed by atoms with Gasteiger partial charge >= 0.3 is 0 Å². The molecule has 0 unspecified atom stereocenters. The van der Waals surface area contributed by atoms with Crippen LogP contribution in [-0.4, -0.2) is 66.4 Å². The van der Waals surface area contributed by atoms with Crippen molar-refractivity contribution in [2.45, 2.75) is 50.7 Å². The smallest absolute Gasteiger partial charge is 0.225 e. The van der Waals surface area contributed by atoms with Gasteiger partial charge in [0, 0.05) is 6.42 Å². The summed E-state index contributed by atoms with van der Waals surface area (Å²) in [5.74, 6) is -1.32. The number of fused-ring (bicyclic) bond motifs is 1. The molecule has 25 heavy (non-hydrogen) atoms. The fourth-order valence-corrected chi connectivity index (χ4v) is 3.45. The van der Waals surface area contributed by atoms with Gasteiger partial charge in [-0.2, -0.15) is 4.98 Å². The lowest BCUT2D eigenvalue weighted by molar-refractivity contribution is -0.212. The van der Waals surface area contributed by atoms with Gasteiger partial charge in [-0.15, -0.1) is 5.10 Å². The van der Waals surface area contributed by atoms with Crippen LogP contribution in [0.5, 0.6) is 0 Å². The van der Waals surface area contributed by atoms with Gasteiger partial charge in [0.1, 0.15) is 0 Å². The normalized spacial score (nSPS) is 24.3. The first-order valence-corrected chi connectivity index (χ1v) is 8.60. The number of aromatic nitrogens is 5. The second-order valence-corrected chi connectivity index (χ2v) is 7.04. The maximum absolute atomic E-state index is 10.0. The molecule has 0 aliphatic heterocycles. The molecule has 1 aliphatic carbocycles. The number of ether oxygens (including phenoxy) is 2. The number of nitrogens with zero attached hydrogens (tertiary/aromatic N) is 5. The SMILES string of the molecule is CC(C)(O)O[C@@H]1C[C@@H](OCCO)C[C@H]1n1nnc2c(Cl)nc(Cl)nc21. The predicted molar refractivity (Wildman–Crippen MR) is 89.4 cm³/mol. The second kappa shape index (κ2) is 7.26. The van der Waals surface area contributed by atoms with Crippen molar-refractivity contribution in [3.8, 4) is 0 Å². The molecule has 11 heteroatoms. The molecular formula is C14H19Cl2N5O4. The van der Waals surface area contributed by atoms with E-state index in [9.17, 15) is 5.11 Å². The molecule has 2 aromatic rings. The number of halogens is 2. The molecule has 0 aromatic carbocycles. The summed E-state index contributed by atoms with van der Waals surface area (Å²) >= 11 is 11.9. The zero-order chi connectivity index (χ0) is 18.2. The summed E-state index contributed by atoms with van der Waals surface area (Å²) in [4.78, 5) is 8.02. The van der Waals surface area contributed by atoms with E-state index in [2.05, 4.69) is 20.3 Å². The van der Waals surface area contributed by atoms with Crippen LogP contribution in [0.2, 0.25) is 10.4 Å². The minimum atomic E-state index is -1.32. The maximum Gasteiger partial charge on any atom is 0.225 e. The van der Waals surface area contributed by atoms with E-state index in [0.717, 1.165) is 0 Å². The van der Waals surface area contributed by atoms with Gasteiger partial charge in [-0.1, -0.05) is 16.8 Å². The Hall–Kier alpha value is -1.10. The molecule has 3 rings (SSSR count). The van der Waals surface area contributed by atoms with E-state index in [4.69, 9.17) is 37.8 Å². The van der Waals surface area contributed by atoms with E-state index < -0.39 is 5.79 Å². The van der Waals surface area contributed by atoms with Crippen LogP contribution in [0, 0.1) is 0 Å². The average Bonchev–Trinajstić information content (AvgIpc) is 3.07. The molecule has 0 spiro atoms. The zero-order valence-electron chi connectivity index (χ0n) is 13.8. The van der Waals surface area contributed by atoms with Gasteiger partial charge in [-0.05, 0) is 31.9 Å². The fraction of sp³-hybridized carbons (Fsp3) is 0.714. The van der Waals surface area contributed by atoms with Crippen LogP contribution in [0.25, 0.3) is 11.2 Å². The average molecular weight is 392 g/mol. The number of aliphatic hydroxyl groups is 2. The minimum Gasteiger partial charge on any atom is -0.394 e. The van der Waals surface area contributed by atoms with E-state index in [1.54, 1.807) is 18.5 Å². The maximum atomic E-state index is 10.0. The van der Waals surface area contributed by atoms with E-state index in [1.807, 2.05) is 0 Å². The Kier molecular flexibility index (Phi) is 5.42. The minimum absolute atomic E-state index is 0.00733. The quantitative estimate of drug-likeness (QED) is 0.430. The first-order valence-electron chi connectivity index (χ1n) is 7.85. The number of rotatable bonds is 6. The van der Waals surface area contributed by atoms with Crippen molar-refractivity contribution in [3.05, 3.63) is 10.4 Å². The van der Waals surface area contributed by atoms with Gasteiger partial charge in [0.2, 0.25) is 5.28 Å². The Morgan fingerprint density at radius 3 is 2.72 bits per heavy atom. The third-order valence-electron chi connectivity index (χ3n) is 3.88. The molecule has 2 heterocycles. The molecule has 0 saturated heterocycles. The van der Waals surface area contributed by atoms with Crippen molar-refractivity contribution in [2.75, 3.05) is 13.2 Å². The summed E-state index contributed by atoms with van der Waals surface area (Å²) in [5, 5.41) is 27.3. The van der Waals surface area contributed by atoms with Gasteiger partial charge < -0.3 is 19.7 Å². The molecule has 9 nitrogen and oxygen atoms in total. The topological polar surface area (TPSA) is 115 Å². The molecule has 2 aromatic heterocycles. The lowest BCUT2D eigenvalue weighted by Crippen LogP contribution is -2.33. The Morgan fingerprint density at radius 2 is 2.04 bits per heavy atom. The Morgan fingerprint density at radius 1 is 1.28 bits per heavy atom. The van der Waals surface area contributed by atoms with Crippen molar-refractivity contribution < 1.29 is 19.7 Å². The van der Waals surface area contributed by atoms with Crippen LogP contribution in [-0.2, 0) is 9.47 Å². The number of hydrogen-bond acceptors (Lipinski definition) is 8. The second-order valence-electron chi connectivity index (χ2n) is 6.35. The molecule has 1 saturated carbocycles. The molecule has 3 atom stereocenters. The van der Waals surface area contributed by atoms with Crippen molar-refractivity contribution in [2.24, 2.45) is 0 Å². The lowest BCUT2D eigenvalue weighted by Gasteiger charge is -2.27. The van der Waals surface area contributed by atoms with E-state index in [0.29, 0.717) is 24.0 Å². The third-order valence-corrected chi connectivity index (χ3v) is 4.31. The van der Waals surface area contributed by atoms with E-state index >= 15 is 0 Å². The number of hydrogen-bond donors (Lipinski definition) is 2. The summed E-state index contributed by atoms with van der Waals surface area (Å²) in [5.41, 5.74) is 0.731. The van der Waals surface area contributed by atoms with Crippen molar-refractivity contribution in [1.82, 2.24) is 25.0 Å². The zero-order valence-corrected chi connectivity index (χ0v) is 15.3. The van der Waals surface area contributed by atoms with Crippen LogP contribution in [0.4, 0.5) is 0 Å². The van der Waals surface area contributed by atoms with Crippen LogP contribution in [0.15, 0.2) is 0 Å². The van der Waals surface area contributed by atoms with Crippen LogP contribution in [0.3, 0.4) is 0 Å². The molecule has 1 fully saturated rings. The highest BCUT2D eigenvalue weighted by molar-refractivity contribution is 6.35. The molecular weight excluding hydrogens is 373 g/mol. The summed E-state index contributed by atoms with van der Waals surface area (Å²) in [6.45, 7) is 3.27. The third kappa shape index (κ3) is 4.18. The van der Waals surface area contributed by atoms with E-state index in [-0.39, 0.29) is 41.9 Å². The van der Waals surface area contributed by atoms with E-state index in [1.165, 1.54) is 0 Å². The highest BCUT2D eigenvalue weighted by Crippen LogP contribution is 2.37. The van der Waals surface area contributed by atoms with Crippen molar-refractivity contribution >= 4 is 34.4 Å². The molecule has 1 aliphatic rings. The molecule has 2 N–H and O–H groups in total. The fourth-order valence-electron chi connectivity index (χ4n) is 3.04. The van der Waals surface area contributed by atoms with Crippen LogP contribution >= 0.6 is 23.2 Å². The summed E-state index contributed by atoms with van der Waals surface area (Å²) in [6.07, 6.45) is 0.540. The highest BCUT2D eigenvalue weighted by atomic mass is 35.5. The van der Waals surface area contributed by atoms with Crippen molar-refractivity contribution in [3.63, 3.8) is 0 Å². The molecule has 0 radical (unpaired) electrons. The van der Waals surface area contributed by atoms with Gasteiger partial charge in [0.15, 0.2) is 22.1 Å². The number of aliphatic hydroxyl groups excluding tert-OH is 1. The Bertz CT molecular complexity index is 751. The van der Waals surface area contributed by atoms with Gasteiger partial charge in [0.25, 0.3) is 0 Å². The van der Waals surface area contributed by atoms with Crippen LogP contribution in [0.1, 0.15) is 32.7 Å². The van der Waals surface area contributed by atoms with Gasteiger partial charge in [-0.3, -0.25) is 0 Å². The monoisotopic (exact) mass is 391 g/mol. The molecule has 138 valence electrons. The summed E-state index contributed by atoms with van der Waals surface area (Å²) in [6, 6.07) is -0.290. The first-order chi connectivity index (χ1) is 11.8. The van der Waals surface area contributed by atoms with Crippen molar-refractivity contribution in [1.29, 1.82) is 0 Å². The predicted octanol–water partition coefficient (Wildman–Crippen LogP) is 1.35. The highest BCUT2D eigenvalue weighted by Gasteiger charge is 2.41. The Balaban J connectivity index is 1.94. The van der Waals surface area contributed by atoms with Gasteiger partial charge in [-0.25, -0.2) is 9.67 Å². The Labute approximate surface area is 153 Å². The summed E-state index contributed by atoms with van der Waals surface area (Å²) < 4.78 is 13.0. The summed E-state index contributed by atoms with van der Waals surface area (Å²) in [7, 11) is 0. The van der Waals surface area contributed by atoms with Crippen LogP contribution < -0.4 is 0 Å². The first kappa shape index (κ1) is 18.7. The molecule has 0 bridgehead atoms.